The maximum atomic E-state index is 13.8. The minimum atomic E-state index is 0.0449. The monoisotopic (exact) mass is 490 g/mol. The van der Waals surface area contributed by atoms with Crippen LogP contribution in [0.2, 0.25) is 0 Å². The van der Waals surface area contributed by atoms with Crippen LogP contribution in [0.1, 0.15) is 87.2 Å². The van der Waals surface area contributed by atoms with Crippen molar-refractivity contribution in [3.8, 4) is 0 Å². The van der Waals surface area contributed by atoms with Gasteiger partial charge in [-0.2, -0.15) is 0 Å². The van der Waals surface area contributed by atoms with E-state index in [1.807, 2.05) is 19.2 Å². The van der Waals surface area contributed by atoms with E-state index >= 15 is 0 Å². The fourth-order valence-electron chi connectivity index (χ4n) is 7.17. The third-order valence-electron chi connectivity index (χ3n) is 9.32. The lowest BCUT2D eigenvalue weighted by molar-refractivity contribution is 0.444. The Kier molecular flexibility index (Phi) is 5.46. The van der Waals surface area contributed by atoms with Crippen molar-refractivity contribution in [2.75, 3.05) is 0 Å². The van der Waals surface area contributed by atoms with Crippen molar-refractivity contribution < 1.29 is 0 Å². The van der Waals surface area contributed by atoms with Crippen LogP contribution in [-0.2, 0) is 7.05 Å². The van der Waals surface area contributed by atoms with E-state index in [1.165, 1.54) is 75.3 Å². The highest BCUT2D eigenvalue weighted by atomic mass is 16.1. The number of hydrogen-bond donors (Lipinski definition) is 1. The van der Waals surface area contributed by atoms with Crippen LogP contribution in [0, 0.1) is 0 Å². The number of aryl methyl sites for hydroxylation is 1. The van der Waals surface area contributed by atoms with E-state index in [9.17, 15) is 9.59 Å². The van der Waals surface area contributed by atoms with E-state index in [0.717, 1.165) is 32.8 Å². The molecule has 0 bridgehead atoms. The van der Waals surface area contributed by atoms with E-state index < -0.39 is 0 Å². The molecule has 4 nitrogen and oxygen atoms in total. The number of fused-ring (bicyclic) bond motifs is 4. The normalized spacial score (nSPS) is 17.9. The van der Waals surface area contributed by atoms with Crippen molar-refractivity contribution >= 4 is 43.6 Å². The van der Waals surface area contributed by atoms with Crippen molar-refractivity contribution in [2.45, 2.75) is 76.0 Å². The quantitative estimate of drug-likeness (QED) is 0.257. The zero-order chi connectivity index (χ0) is 25.1. The molecule has 2 aliphatic rings. The molecule has 2 fully saturated rings. The summed E-state index contributed by atoms with van der Waals surface area (Å²) in [5, 5.41) is 2.83. The van der Waals surface area contributed by atoms with Gasteiger partial charge in [-0.1, -0.05) is 50.7 Å². The Hall–Kier alpha value is -3.40. The van der Waals surface area contributed by atoms with Crippen molar-refractivity contribution in [1.29, 1.82) is 0 Å². The molecule has 0 radical (unpaired) electrons. The molecule has 37 heavy (non-hydrogen) atoms. The van der Waals surface area contributed by atoms with E-state index in [2.05, 4.69) is 45.9 Å². The summed E-state index contributed by atoms with van der Waals surface area (Å²) in [4.78, 5) is 31.0. The number of hydrogen-bond acceptors (Lipinski definition) is 2. The minimum absolute atomic E-state index is 0.0449. The largest absolute Gasteiger partial charge is 0.354 e. The van der Waals surface area contributed by atoms with Gasteiger partial charge in [0.25, 0.3) is 0 Å². The van der Waals surface area contributed by atoms with Crippen LogP contribution in [0.15, 0.2) is 58.1 Å². The Morgan fingerprint density at radius 3 is 1.81 bits per heavy atom. The van der Waals surface area contributed by atoms with Gasteiger partial charge in [-0.3, -0.25) is 9.59 Å². The fourth-order valence-corrected chi connectivity index (χ4v) is 7.17. The molecule has 0 aliphatic heterocycles. The van der Waals surface area contributed by atoms with Gasteiger partial charge >= 0.3 is 0 Å². The second kappa shape index (κ2) is 8.86. The number of H-pyrrole nitrogens is 1. The Labute approximate surface area is 216 Å². The summed E-state index contributed by atoms with van der Waals surface area (Å²) in [6, 6.07) is 16.6. The van der Waals surface area contributed by atoms with Gasteiger partial charge in [-0.15, -0.1) is 0 Å². The molecular weight excluding hydrogens is 456 g/mol. The van der Waals surface area contributed by atoms with Crippen molar-refractivity contribution in [3.05, 3.63) is 80.1 Å². The molecule has 0 spiro atoms. The molecule has 0 atom stereocenters. The second-order valence-corrected chi connectivity index (χ2v) is 11.5. The van der Waals surface area contributed by atoms with E-state index in [4.69, 9.17) is 0 Å². The number of nitrogens with one attached hydrogen (secondary N) is 1. The van der Waals surface area contributed by atoms with Crippen LogP contribution >= 0.6 is 0 Å². The summed E-state index contributed by atoms with van der Waals surface area (Å²) in [6.07, 6.45) is 12.6. The molecule has 0 saturated heterocycles. The van der Waals surface area contributed by atoms with E-state index in [-0.39, 0.29) is 10.9 Å². The highest BCUT2D eigenvalue weighted by molar-refractivity contribution is 6.03. The lowest BCUT2D eigenvalue weighted by atomic mass is 9.83. The second-order valence-electron chi connectivity index (χ2n) is 11.5. The summed E-state index contributed by atoms with van der Waals surface area (Å²) in [7, 11) is 2.01. The van der Waals surface area contributed by atoms with Crippen LogP contribution in [0.5, 0.6) is 0 Å². The third-order valence-corrected chi connectivity index (χ3v) is 9.32. The summed E-state index contributed by atoms with van der Waals surface area (Å²) >= 11 is 0. The molecule has 0 amide bonds. The lowest BCUT2D eigenvalue weighted by Gasteiger charge is -2.22. The molecule has 7 rings (SSSR count). The Bertz CT molecular complexity index is 1800. The lowest BCUT2D eigenvalue weighted by Crippen LogP contribution is -2.13. The van der Waals surface area contributed by atoms with E-state index in [1.54, 1.807) is 0 Å². The molecule has 0 unspecified atom stereocenters. The first-order chi connectivity index (χ1) is 18.1. The molecule has 2 aromatic heterocycles. The van der Waals surface area contributed by atoms with Gasteiger partial charge in [0.05, 0.1) is 16.6 Å². The summed E-state index contributed by atoms with van der Waals surface area (Å²) < 4.78 is 2.08. The van der Waals surface area contributed by atoms with Crippen molar-refractivity contribution in [3.63, 3.8) is 0 Å². The zero-order valence-corrected chi connectivity index (χ0v) is 21.6. The molecule has 3 aromatic carbocycles. The molecule has 188 valence electrons. The number of aromatic nitrogens is 2. The molecule has 2 saturated carbocycles. The van der Waals surface area contributed by atoms with Crippen LogP contribution in [-0.4, -0.2) is 9.55 Å². The molecule has 4 heteroatoms. The standard InChI is InChI=1S/C33H34N2O2/c1-35-30-15-13-23(21-10-6-3-7-11-21)17-26(30)33(37)27-18-29-25(19-31(27)35)32(36)24-16-22(12-14-28(24)34-29)20-8-4-2-5-9-20/h12-21H,2-11H2,1H3,(H,34,36). The van der Waals surface area contributed by atoms with Crippen LogP contribution < -0.4 is 10.9 Å². The Morgan fingerprint density at radius 2 is 1.14 bits per heavy atom. The van der Waals surface area contributed by atoms with Gasteiger partial charge in [-0.25, -0.2) is 0 Å². The van der Waals surface area contributed by atoms with Gasteiger partial charge in [0.2, 0.25) is 0 Å². The van der Waals surface area contributed by atoms with Gasteiger partial charge in [0.1, 0.15) is 0 Å². The van der Waals surface area contributed by atoms with Crippen LogP contribution in [0.25, 0.3) is 43.6 Å². The highest BCUT2D eigenvalue weighted by Gasteiger charge is 2.19. The minimum Gasteiger partial charge on any atom is -0.354 e. The van der Waals surface area contributed by atoms with Crippen molar-refractivity contribution in [2.24, 2.45) is 7.05 Å². The smallest absolute Gasteiger partial charge is 0.197 e. The number of pyridine rings is 2. The van der Waals surface area contributed by atoms with Crippen LogP contribution in [0.3, 0.4) is 0 Å². The average Bonchev–Trinajstić information content (AvgIpc) is 2.96. The maximum Gasteiger partial charge on any atom is 0.197 e. The molecular formula is C33H34N2O2. The Balaban J connectivity index is 1.43. The maximum absolute atomic E-state index is 13.8. The first kappa shape index (κ1) is 22.8. The number of nitrogens with zero attached hydrogens (tertiary/aromatic N) is 1. The molecule has 1 N–H and O–H groups in total. The predicted octanol–water partition coefficient (Wildman–Crippen LogP) is 7.78. The summed E-state index contributed by atoms with van der Waals surface area (Å²) in [5.41, 5.74) is 5.98. The third kappa shape index (κ3) is 3.72. The van der Waals surface area contributed by atoms with Gasteiger partial charge < -0.3 is 9.55 Å². The van der Waals surface area contributed by atoms with Gasteiger partial charge in [0, 0.05) is 34.1 Å². The predicted molar refractivity (Wildman–Crippen MR) is 154 cm³/mol. The zero-order valence-electron chi connectivity index (χ0n) is 21.6. The number of benzene rings is 3. The van der Waals surface area contributed by atoms with Crippen LogP contribution in [0.4, 0.5) is 0 Å². The number of aromatic amines is 1. The fraction of sp³-hybridized carbons (Fsp3) is 0.394. The average molecular weight is 491 g/mol. The summed E-state index contributed by atoms with van der Waals surface area (Å²) in [6.45, 7) is 0. The highest BCUT2D eigenvalue weighted by Crippen LogP contribution is 2.35. The molecule has 5 aromatic rings. The number of rotatable bonds is 2. The first-order valence-electron chi connectivity index (χ1n) is 14.1. The van der Waals surface area contributed by atoms with Gasteiger partial charge in [0.15, 0.2) is 10.9 Å². The summed E-state index contributed by atoms with van der Waals surface area (Å²) in [5.74, 6) is 1.10. The molecule has 2 aliphatic carbocycles. The topological polar surface area (TPSA) is 54.9 Å². The first-order valence-corrected chi connectivity index (χ1v) is 14.1. The SMILES string of the molecule is Cn1c2ccc(C3CCCCC3)cc2c(=O)c2cc3[nH]c4ccc(C5CCCCC5)cc4c(=O)c3cc21. The van der Waals surface area contributed by atoms with Gasteiger partial charge in [-0.05, 0) is 85.0 Å². The molecule has 2 heterocycles. The van der Waals surface area contributed by atoms with Crippen molar-refractivity contribution in [1.82, 2.24) is 9.55 Å². The Morgan fingerprint density at radius 1 is 0.595 bits per heavy atom. The van der Waals surface area contributed by atoms with E-state index in [0.29, 0.717) is 22.6 Å².